The van der Waals surface area contributed by atoms with Crippen molar-refractivity contribution in [1.82, 2.24) is 4.90 Å². The van der Waals surface area contributed by atoms with Gasteiger partial charge in [-0.2, -0.15) is 0 Å². The van der Waals surface area contributed by atoms with Gasteiger partial charge in [-0.3, -0.25) is 0 Å². The molecule has 0 fully saturated rings. The Morgan fingerprint density at radius 1 is 1.27 bits per heavy atom. The standard InChI is InChI=1S/C10H17NO4/c1-8(11(2)3)7-15-10(13)6-5-9(12)14-4/h5-6,8H,7H2,1-4H3/b6-5+. The number of likely N-dealkylation sites (N-methyl/N-ethyl adjacent to an activating group) is 1. The third-order valence-electron chi connectivity index (χ3n) is 1.91. The molecular weight excluding hydrogens is 198 g/mol. The first-order valence-electron chi connectivity index (χ1n) is 4.56. The molecule has 0 rings (SSSR count). The van der Waals surface area contributed by atoms with Crippen LogP contribution < -0.4 is 0 Å². The maximum absolute atomic E-state index is 11.1. The molecule has 0 aromatic heterocycles. The topological polar surface area (TPSA) is 55.8 Å². The third-order valence-corrected chi connectivity index (χ3v) is 1.91. The van der Waals surface area contributed by atoms with E-state index >= 15 is 0 Å². The molecule has 5 nitrogen and oxygen atoms in total. The van der Waals surface area contributed by atoms with Crippen LogP contribution in [0, 0.1) is 0 Å². The summed E-state index contributed by atoms with van der Waals surface area (Å²) in [6, 6.07) is 0.139. The number of rotatable bonds is 5. The zero-order valence-electron chi connectivity index (χ0n) is 9.52. The lowest BCUT2D eigenvalue weighted by Gasteiger charge is -2.18. The maximum atomic E-state index is 11.1. The van der Waals surface area contributed by atoms with Crippen molar-refractivity contribution in [3.05, 3.63) is 12.2 Å². The molecule has 0 aliphatic heterocycles. The fourth-order valence-electron chi connectivity index (χ4n) is 0.604. The number of hydrogen-bond donors (Lipinski definition) is 0. The lowest BCUT2D eigenvalue weighted by Crippen LogP contribution is -2.30. The van der Waals surface area contributed by atoms with Crippen molar-refractivity contribution < 1.29 is 19.1 Å². The van der Waals surface area contributed by atoms with Gasteiger partial charge in [-0.1, -0.05) is 0 Å². The van der Waals surface area contributed by atoms with Crippen LogP contribution in [0.2, 0.25) is 0 Å². The Morgan fingerprint density at radius 3 is 2.27 bits per heavy atom. The van der Waals surface area contributed by atoms with E-state index < -0.39 is 11.9 Å². The number of carbonyl (C=O) groups is 2. The average molecular weight is 215 g/mol. The number of methoxy groups -OCH3 is 1. The van der Waals surface area contributed by atoms with Gasteiger partial charge in [0.25, 0.3) is 0 Å². The zero-order valence-corrected chi connectivity index (χ0v) is 9.52. The van der Waals surface area contributed by atoms with Crippen molar-refractivity contribution in [3.8, 4) is 0 Å². The molecule has 1 unspecified atom stereocenters. The van der Waals surface area contributed by atoms with Crippen LogP contribution in [0.3, 0.4) is 0 Å². The smallest absolute Gasteiger partial charge is 0.331 e. The van der Waals surface area contributed by atoms with E-state index in [1.807, 2.05) is 25.9 Å². The Morgan fingerprint density at radius 2 is 1.80 bits per heavy atom. The minimum atomic E-state index is -0.576. The summed E-state index contributed by atoms with van der Waals surface area (Å²) in [5, 5.41) is 0. The molecule has 0 aromatic carbocycles. The van der Waals surface area contributed by atoms with E-state index in [1.165, 1.54) is 7.11 Å². The normalized spacial score (nSPS) is 12.9. The summed E-state index contributed by atoms with van der Waals surface area (Å²) in [5.41, 5.74) is 0. The average Bonchev–Trinajstić information content (AvgIpc) is 2.21. The third kappa shape index (κ3) is 6.68. The van der Waals surface area contributed by atoms with E-state index in [0.717, 1.165) is 12.2 Å². The van der Waals surface area contributed by atoms with Crippen molar-refractivity contribution in [3.63, 3.8) is 0 Å². The van der Waals surface area contributed by atoms with Crippen LogP contribution in [0.4, 0.5) is 0 Å². The molecule has 0 radical (unpaired) electrons. The van der Waals surface area contributed by atoms with E-state index in [1.54, 1.807) is 0 Å². The minimum Gasteiger partial charge on any atom is -0.466 e. The van der Waals surface area contributed by atoms with Gasteiger partial charge in [-0.25, -0.2) is 9.59 Å². The largest absolute Gasteiger partial charge is 0.466 e. The highest BCUT2D eigenvalue weighted by molar-refractivity contribution is 5.91. The summed E-state index contributed by atoms with van der Waals surface area (Å²) in [7, 11) is 5.03. The van der Waals surface area contributed by atoms with Crippen molar-refractivity contribution in [2.75, 3.05) is 27.8 Å². The molecular formula is C10H17NO4. The maximum Gasteiger partial charge on any atom is 0.331 e. The van der Waals surface area contributed by atoms with Crippen LogP contribution in [-0.2, 0) is 19.1 Å². The summed E-state index contributed by atoms with van der Waals surface area (Å²) in [4.78, 5) is 23.6. The van der Waals surface area contributed by atoms with Crippen molar-refractivity contribution in [2.24, 2.45) is 0 Å². The first kappa shape index (κ1) is 13.6. The number of carbonyl (C=O) groups excluding carboxylic acids is 2. The molecule has 0 bridgehead atoms. The molecule has 0 aliphatic rings. The molecule has 86 valence electrons. The number of hydrogen-bond acceptors (Lipinski definition) is 5. The van der Waals surface area contributed by atoms with Gasteiger partial charge in [0.15, 0.2) is 0 Å². The Bertz CT molecular complexity index is 248. The SMILES string of the molecule is COC(=O)/C=C/C(=O)OCC(C)N(C)C. The Labute approximate surface area is 89.6 Å². The fourth-order valence-corrected chi connectivity index (χ4v) is 0.604. The van der Waals surface area contributed by atoms with Crippen LogP contribution in [0.5, 0.6) is 0 Å². The van der Waals surface area contributed by atoms with Crippen LogP contribution in [0.25, 0.3) is 0 Å². The molecule has 0 aromatic rings. The highest BCUT2D eigenvalue weighted by atomic mass is 16.5. The van der Waals surface area contributed by atoms with Gasteiger partial charge in [0, 0.05) is 18.2 Å². The summed E-state index contributed by atoms with van der Waals surface area (Å²) in [6.07, 6.45) is 2.08. The van der Waals surface area contributed by atoms with Gasteiger partial charge in [-0.15, -0.1) is 0 Å². The monoisotopic (exact) mass is 215 g/mol. The second-order valence-electron chi connectivity index (χ2n) is 3.30. The number of ether oxygens (including phenoxy) is 2. The second-order valence-corrected chi connectivity index (χ2v) is 3.30. The highest BCUT2D eigenvalue weighted by Crippen LogP contribution is 1.93. The van der Waals surface area contributed by atoms with E-state index in [4.69, 9.17) is 4.74 Å². The minimum absolute atomic E-state index is 0.139. The van der Waals surface area contributed by atoms with Crippen LogP contribution in [0.1, 0.15) is 6.92 Å². The predicted molar refractivity (Wildman–Crippen MR) is 55.3 cm³/mol. The Kier molecular flexibility index (Phi) is 6.37. The molecule has 0 spiro atoms. The van der Waals surface area contributed by atoms with Crippen LogP contribution in [0.15, 0.2) is 12.2 Å². The highest BCUT2D eigenvalue weighted by Gasteiger charge is 2.06. The van der Waals surface area contributed by atoms with Crippen molar-refractivity contribution >= 4 is 11.9 Å². The Hall–Kier alpha value is -1.36. The second kappa shape index (κ2) is 7.00. The van der Waals surface area contributed by atoms with E-state index in [-0.39, 0.29) is 12.6 Å². The Balaban J connectivity index is 3.85. The number of esters is 2. The molecule has 0 amide bonds. The number of nitrogens with zero attached hydrogens (tertiary/aromatic N) is 1. The predicted octanol–water partition coefficient (Wildman–Crippen LogP) is 0.209. The lowest BCUT2D eigenvalue weighted by molar-refractivity contribution is -0.140. The molecule has 0 saturated carbocycles. The lowest BCUT2D eigenvalue weighted by atomic mass is 10.3. The van der Waals surface area contributed by atoms with E-state index in [2.05, 4.69) is 4.74 Å². The van der Waals surface area contributed by atoms with Crippen LogP contribution in [-0.4, -0.2) is 50.7 Å². The summed E-state index contributed by atoms with van der Waals surface area (Å²) < 4.78 is 9.21. The molecule has 0 aliphatic carbocycles. The quantitative estimate of drug-likeness (QED) is 0.484. The van der Waals surface area contributed by atoms with E-state index in [9.17, 15) is 9.59 Å². The van der Waals surface area contributed by atoms with Gasteiger partial charge >= 0.3 is 11.9 Å². The summed E-state index contributed by atoms with van der Waals surface area (Å²) in [6.45, 7) is 2.22. The van der Waals surface area contributed by atoms with Gasteiger partial charge in [-0.05, 0) is 21.0 Å². The van der Waals surface area contributed by atoms with Crippen LogP contribution >= 0.6 is 0 Å². The van der Waals surface area contributed by atoms with Crippen molar-refractivity contribution in [2.45, 2.75) is 13.0 Å². The van der Waals surface area contributed by atoms with Gasteiger partial charge in [0.2, 0.25) is 0 Å². The first-order valence-corrected chi connectivity index (χ1v) is 4.56. The summed E-state index contributed by atoms with van der Waals surface area (Å²) >= 11 is 0. The molecule has 15 heavy (non-hydrogen) atoms. The zero-order chi connectivity index (χ0) is 11.8. The molecule has 5 heteroatoms. The molecule has 1 atom stereocenters. The molecule has 0 saturated heterocycles. The van der Waals surface area contributed by atoms with E-state index in [0.29, 0.717) is 0 Å². The first-order chi connectivity index (χ1) is 6.97. The van der Waals surface area contributed by atoms with Gasteiger partial charge < -0.3 is 14.4 Å². The fraction of sp³-hybridized carbons (Fsp3) is 0.600. The molecule has 0 heterocycles. The summed E-state index contributed by atoms with van der Waals surface area (Å²) in [5.74, 6) is -1.12. The molecule has 0 N–H and O–H groups in total. The van der Waals surface area contributed by atoms with Crippen molar-refractivity contribution in [1.29, 1.82) is 0 Å². The van der Waals surface area contributed by atoms with Gasteiger partial charge in [0.1, 0.15) is 6.61 Å². The van der Waals surface area contributed by atoms with Gasteiger partial charge in [0.05, 0.1) is 7.11 Å².